The molecule has 1 aromatic heterocycles. The number of benzene rings is 1. The Hall–Kier alpha value is -2.38. The molecule has 0 aliphatic carbocycles. The van der Waals surface area contributed by atoms with Crippen LogP contribution in [0.1, 0.15) is 23.7 Å². The highest BCUT2D eigenvalue weighted by Gasteiger charge is 2.15. The molecule has 1 saturated heterocycles. The van der Waals surface area contributed by atoms with Crippen LogP contribution in [0.3, 0.4) is 0 Å². The topological polar surface area (TPSA) is 84.9 Å². The normalized spacial score (nSPS) is 15.1. The first-order valence-corrected chi connectivity index (χ1v) is 9.17. The van der Waals surface area contributed by atoms with Gasteiger partial charge in [-0.15, -0.1) is 0 Å². The van der Waals surface area contributed by atoms with Crippen LogP contribution in [-0.4, -0.2) is 56.9 Å². The maximum atomic E-state index is 12.7. The molecule has 1 aromatic carbocycles. The average molecular weight is 360 g/mol. The number of quaternary nitrogens is 1. The van der Waals surface area contributed by atoms with Gasteiger partial charge in [-0.2, -0.15) is 0 Å². The summed E-state index contributed by atoms with van der Waals surface area (Å²) < 4.78 is 10.8. The molecule has 3 rings (SSSR count). The van der Waals surface area contributed by atoms with Crippen molar-refractivity contribution in [2.45, 2.75) is 13.3 Å². The monoisotopic (exact) mass is 360 g/mol. The highest BCUT2D eigenvalue weighted by atomic mass is 16.5. The summed E-state index contributed by atoms with van der Waals surface area (Å²) in [7, 11) is 0. The van der Waals surface area contributed by atoms with E-state index in [1.807, 2.05) is 6.92 Å². The minimum atomic E-state index is -0.341. The summed E-state index contributed by atoms with van der Waals surface area (Å²) in [5.41, 5.74) is 0.535. The minimum Gasteiger partial charge on any atom is -0.494 e. The molecule has 1 aliphatic rings. The maximum Gasteiger partial charge on any atom is 0.256 e. The molecule has 0 unspecified atom stereocenters. The van der Waals surface area contributed by atoms with Crippen molar-refractivity contribution in [1.82, 2.24) is 10.3 Å². The number of hydrogen-bond donors (Lipinski definition) is 3. The number of hydrogen-bond acceptors (Lipinski definition) is 4. The molecule has 2 heterocycles. The minimum absolute atomic E-state index is 0.130. The third-order valence-corrected chi connectivity index (χ3v) is 4.60. The standard InChI is InChI=1S/C19H25N3O4/c1-2-26-14-4-5-17-15(12-14)18(23)16(13-21-17)19(24)20-6-3-7-22-8-10-25-11-9-22/h4-5,12-13H,2-3,6-11H2,1H3,(H,20,24)(H,21,23)/p+1. The summed E-state index contributed by atoms with van der Waals surface area (Å²) in [5, 5.41) is 3.31. The predicted octanol–water partition coefficient (Wildman–Crippen LogP) is -0.0382. The van der Waals surface area contributed by atoms with E-state index in [1.165, 1.54) is 11.1 Å². The number of nitrogens with one attached hydrogen (secondary N) is 3. The summed E-state index contributed by atoms with van der Waals surface area (Å²) >= 11 is 0. The van der Waals surface area contributed by atoms with Gasteiger partial charge in [0.15, 0.2) is 0 Å². The molecule has 1 amide bonds. The van der Waals surface area contributed by atoms with Crippen LogP contribution >= 0.6 is 0 Å². The van der Waals surface area contributed by atoms with Crippen molar-refractivity contribution in [3.8, 4) is 5.75 Å². The molecule has 0 spiro atoms. The zero-order chi connectivity index (χ0) is 18.4. The predicted molar refractivity (Wildman–Crippen MR) is 99.1 cm³/mol. The number of ether oxygens (including phenoxy) is 2. The summed E-state index contributed by atoms with van der Waals surface area (Å²) in [6.07, 6.45) is 2.36. The Morgan fingerprint density at radius 2 is 2.15 bits per heavy atom. The van der Waals surface area contributed by atoms with Crippen molar-refractivity contribution in [1.29, 1.82) is 0 Å². The lowest BCUT2D eigenvalue weighted by molar-refractivity contribution is -0.908. The number of pyridine rings is 1. The summed E-state index contributed by atoms with van der Waals surface area (Å²) in [6, 6.07) is 5.26. The lowest BCUT2D eigenvalue weighted by Crippen LogP contribution is -3.14. The van der Waals surface area contributed by atoms with Gasteiger partial charge in [-0.05, 0) is 25.1 Å². The Bertz CT molecular complexity index is 812. The van der Waals surface area contributed by atoms with E-state index < -0.39 is 0 Å². The molecule has 2 aromatic rings. The molecular formula is C19H26N3O4+. The molecule has 7 nitrogen and oxygen atoms in total. The molecule has 0 radical (unpaired) electrons. The number of carbonyl (C=O) groups excluding carboxylic acids is 1. The van der Waals surface area contributed by atoms with Crippen molar-refractivity contribution in [3.63, 3.8) is 0 Å². The Labute approximate surface area is 152 Å². The number of rotatable bonds is 7. The SMILES string of the molecule is CCOc1ccc2[nH]cc(C(=O)NCCC[NH+]3CCOCC3)c(=O)c2c1. The van der Waals surface area contributed by atoms with Gasteiger partial charge in [0.25, 0.3) is 5.91 Å². The van der Waals surface area contributed by atoms with Gasteiger partial charge in [0.2, 0.25) is 5.43 Å². The third-order valence-electron chi connectivity index (χ3n) is 4.60. The van der Waals surface area contributed by atoms with Crippen LogP contribution in [0.4, 0.5) is 0 Å². The highest BCUT2D eigenvalue weighted by Crippen LogP contribution is 2.17. The van der Waals surface area contributed by atoms with E-state index in [1.54, 1.807) is 18.2 Å². The van der Waals surface area contributed by atoms with Gasteiger partial charge in [0.1, 0.15) is 24.4 Å². The molecule has 0 saturated carbocycles. The van der Waals surface area contributed by atoms with Gasteiger partial charge in [-0.25, -0.2) is 0 Å². The van der Waals surface area contributed by atoms with E-state index in [2.05, 4.69) is 10.3 Å². The number of carbonyl (C=O) groups is 1. The van der Waals surface area contributed by atoms with Crippen molar-refractivity contribution >= 4 is 16.8 Å². The van der Waals surface area contributed by atoms with Crippen LogP contribution in [0.5, 0.6) is 5.75 Å². The van der Waals surface area contributed by atoms with Crippen molar-refractivity contribution < 1.29 is 19.2 Å². The molecule has 140 valence electrons. The molecule has 1 aliphatic heterocycles. The van der Waals surface area contributed by atoms with Crippen molar-refractivity contribution in [2.75, 3.05) is 46.0 Å². The summed E-state index contributed by atoms with van der Waals surface area (Å²) in [4.78, 5) is 29.5. The second-order valence-corrected chi connectivity index (χ2v) is 6.39. The van der Waals surface area contributed by atoms with Crippen LogP contribution in [0, 0.1) is 0 Å². The first-order chi connectivity index (χ1) is 12.7. The van der Waals surface area contributed by atoms with E-state index in [-0.39, 0.29) is 16.9 Å². The van der Waals surface area contributed by atoms with Gasteiger partial charge < -0.3 is 24.7 Å². The largest absolute Gasteiger partial charge is 0.494 e. The number of H-pyrrole nitrogens is 1. The summed E-state index contributed by atoms with van der Waals surface area (Å²) in [6.45, 7) is 7.59. The number of aromatic nitrogens is 1. The van der Waals surface area contributed by atoms with Gasteiger partial charge in [-0.3, -0.25) is 9.59 Å². The molecular weight excluding hydrogens is 334 g/mol. The zero-order valence-corrected chi connectivity index (χ0v) is 15.1. The summed E-state index contributed by atoms with van der Waals surface area (Å²) in [5.74, 6) is 0.281. The second kappa shape index (κ2) is 8.82. The highest BCUT2D eigenvalue weighted by molar-refractivity contribution is 5.97. The van der Waals surface area contributed by atoms with Gasteiger partial charge >= 0.3 is 0 Å². The fourth-order valence-electron chi connectivity index (χ4n) is 3.17. The quantitative estimate of drug-likeness (QED) is 0.605. The Kier molecular flexibility index (Phi) is 6.25. The van der Waals surface area contributed by atoms with E-state index in [9.17, 15) is 9.59 Å². The van der Waals surface area contributed by atoms with E-state index in [4.69, 9.17) is 9.47 Å². The van der Waals surface area contributed by atoms with Crippen LogP contribution in [0.15, 0.2) is 29.2 Å². The van der Waals surface area contributed by atoms with Crippen molar-refractivity contribution in [2.24, 2.45) is 0 Å². The second-order valence-electron chi connectivity index (χ2n) is 6.39. The first-order valence-electron chi connectivity index (χ1n) is 9.17. The lowest BCUT2D eigenvalue weighted by atomic mass is 10.1. The number of amides is 1. The number of fused-ring (bicyclic) bond motifs is 1. The maximum absolute atomic E-state index is 12.7. The number of morpholine rings is 1. The average Bonchev–Trinajstić information content (AvgIpc) is 2.67. The van der Waals surface area contributed by atoms with Crippen LogP contribution in [0.2, 0.25) is 0 Å². The Balaban J connectivity index is 1.62. The van der Waals surface area contributed by atoms with Gasteiger partial charge in [0, 0.05) is 30.1 Å². The van der Waals surface area contributed by atoms with E-state index in [0.29, 0.717) is 29.8 Å². The lowest BCUT2D eigenvalue weighted by Gasteiger charge is -2.23. The first kappa shape index (κ1) is 18.4. The molecule has 0 atom stereocenters. The molecule has 26 heavy (non-hydrogen) atoms. The molecule has 3 N–H and O–H groups in total. The smallest absolute Gasteiger partial charge is 0.256 e. The van der Waals surface area contributed by atoms with E-state index in [0.717, 1.165) is 39.3 Å². The molecule has 1 fully saturated rings. The molecule has 0 bridgehead atoms. The zero-order valence-electron chi connectivity index (χ0n) is 15.1. The van der Waals surface area contributed by atoms with Crippen LogP contribution in [0.25, 0.3) is 10.9 Å². The third kappa shape index (κ3) is 4.42. The number of aromatic amines is 1. The van der Waals surface area contributed by atoms with E-state index >= 15 is 0 Å². The van der Waals surface area contributed by atoms with Crippen LogP contribution < -0.4 is 20.4 Å². The Morgan fingerprint density at radius 1 is 1.35 bits per heavy atom. The van der Waals surface area contributed by atoms with Crippen LogP contribution in [-0.2, 0) is 4.74 Å². The van der Waals surface area contributed by atoms with Gasteiger partial charge in [-0.1, -0.05) is 0 Å². The van der Waals surface area contributed by atoms with Gasteiger partial charge in [0.05, 0.1) is 26.4 Å². The van der Waals surface area contributed by atoms with Crippen molar-refractivity contribution in [3.05, 3.63) is 40.2 Å². The molecule has 7 heteroatoms. The fraction of sp³-hybridized carbons (Fsp3) is 0.474. The fourth-order valence-corrected chi connectivity index (χ4v) is 3.17. The Morgan fingerprint density at radius 3 is 2.92 bits per heavy atom.